The number of rotatable bonds is 4. The van der Waals surface area contributed by atoms with Gasteiger partial charge in [0.1, 0.15) is 11.6 Å². The van der Waals surface area contributed by atoms with E-state index in [-0.39, 0.29) is 4.69 Å². The molecule has 0 aliphatic carbocycles. The van der Waals surface area contributed by atoms with Crippen molar-refractivity contribution in [2.75, 3.05) is 0 Å². The largest absolute Gasteiger partial charge is 0.444 e. The number of carbonyl (C=O) groups is 2. The van der Waals surface area contributed by atoms with Crippen LogP contribution in [0.3, 0.4) is 0 Å². The van der Waals surface area contributed by atoms with Crippen LogP contribution < -0.4 is 5.32 Å². The zero-order chi connectivity index (χ0) is 12.9. The van der Waals surface area contributed by atoms with Crippen molar-refractivity contribution in [2.45, 2.75) is 52.7 Å². The number of alkyl carbamates (subject to hydrolysis) is 1. The summed E-state index contributed by atoms with van der Waals surface area (Å²) in [5, 5.41) is 2.55. The first kappa shape index (κ1) is 15.4. The van der Waals surface area contributed by atoms with E-state index in [0.717, 1.165) is 0 Å². The van der Waals surface area contributed by atoms with Gasteiger partial charge < -0.3 is 10.1 Å². The van der Waals surface area contributed by atoms with Crippen LogP contribution in [0.4, 0.5) is 4.79 Å². The molecular weight excluding hydrogens is 274 g/mol. The highest BCUT2D eigenvalue weighted by Crippen LogP contribution is 2.11. The van der Waals surface area contributed by atoms with Crippen LogP contribution in [0.1, 0.15) is 41.0 Å². The molecule has 1 unspecified atom stereocenters. The second kappa shape index (κ2) is 6.23. The van der Waals surface area contributed by atoms with Crippen LogP contribution in [0.15, 0.2) is 0 Å². The highest BCUT2D eigenvalue weighted by molar-refractivity contribution is 9.18. The third kappa shape index (κ3) is 7.68. The molecule has 0 aliphatic heterocycles. The van der Waals surface area contributed by atoms with Crippen molar-refractivity contribution in [3.05, 3.63) is 0 Å². The Labute approximate surface area is 105 Å². The summed E-state index contributed by atoms with van der Waals surface area (Å²) >= 11 is 2.87. The lowest BCUT2D eigenvalue weighted by molar-refractivity contribution is -0.112. The van der Waals surface area contributed by atoms with Crippen molar-refractivity contribution in [3.8, 4) is 0 Å². The Morgan fingerprint density at radius 1 is 1.31 bits per heavy atom. The molecule has 0 fully saturated rings. The van der Waals surface area contributed by atoms with E-state index >= 15 is 0 Å². The molecule has 1 atom stereocenters. The Balaban J connectivity index is 4.30. The molecule has 0 aromatic carbocycles. The Morgan fingerprint density at radius 3 is 2.12 bits per heavy atom. The van der Waals surface area contributed by atoms with E-state index in [4.69, 9.17) is 4.74 Å². The first-order valence-electron chi connectivity index (χ1n) is 5.30. The molecule has 0 bridgehead atoms. The van der Waals surface area contributed by atoms with Gasteiger partial charge in [0.25, 0.3) is 0 Å². The second-order valence-corrected chi connectivity index (χ2v) is 5.91. The molecule has 0 aromatic rings. The maximum absolute atomic E-state index is 11.4. The zero-order valence-electron chi connectivity index (χ0n) is 10.5. The smallest absolute Gasteiger partial charge is 0.408 e. The van der Waals surface area contributed by atoms with Crippen molar-refractivity contribution >= 4 is 26.7 Å². The first-order valence-corrected chi connectivity index (χ1v) is 6.10. The van der Waals surface area contributed by atoms with Crippen LogP contribution in [-0.2, 0) is 9.53 Å². The Morgan fingerprint density at radius 2 is 1.81 bits per heavy atom. The van der Waals surface area contributed by atoms with Crippen LogP contribution in [0.2, 0.25) is 0 Å². The summed E-state index contributed by atoms with van der Waals surface area (Å²) in [6, 6.07) is -0.533. The van der Waals surface area contributed by atoms with Gasteiger partial charge in [-0.05, 0) is 49.0 Å². The van der Waals surface area contributed by atoms with Gasteiger partial charge in [-0.3, -0.25) is 4.79 Å². The van der Waals surface area contributed by atoms with Crippen molar-refractivity contribution in [3.63, 3.8) is 0 Å². The molecule has 0 heterocycles. The fourth-order valence-electron chi connectivity index (χ4n) is 1.13. The molecular formula is C11H20BrNO3. The first-order chi connectivity index (χ1) is 7.11. The molecule has 0 saturated heterocycles. The van der Waals surface area contributed by atoms with E-state index in [1.165, 1.54) is 0 Å². The third-order valence-electron chi connectivity index (χ3n) is 1.67. The monoisotopic (exact) mass is 293 g/mol. The number of halogens is 1. The lowest BCUT2D eigenvalue weighted by Gasteiger charge is -2.22. The summed E-state index contributed by atoms with van der Waals surface area (Å²) in [5.74, 6) is 0.321. The van der Waals surface area contributed by atoms with Gasteiger partial charge in [0.05, 0.1) is 0 Å². The van der Waals surface area contributed by atoms with Gasteiger partial charge in [-0.1, -0.05) is 13.8 Å². The minimum absolute atomic E-state index is 0.230. The Kier molecular flexibility index (Phi) is 6.00. The SMILES string of the molecule is CC(C)CC(NC(=O)OC(C)(C)C)C(=O)Br. The predicted molar refractivity (Wildman–Crippen MR) is 66.5 cm³/mol. The van der Waals surface area contributed by atoms with E-state index in [2.05, 4.69) is 21.2 Å². The van der Waals surface area contributed by atoms with Crippen LogP contribution >= 0.6 is 15.9 Å². The highest BCUT2D eigenvalue weighted by Gasteiger charge is 2.23. The normalized spacial score (nSPS) is 13.4. The minimum Gasteiger partial charge on any atom is -0.444 e. The van der Waals surface area contributed by atoms with Crippen molar-refractivity contribution < 1.29 is 14.3 Å². The molecule has 0 radical (unpaired) electrons. The third-order valence-corrected chi connectivity index (χ3v) is 2.22. The predicted octanol–water partition coefficient (Wildman–Crippen LogP) is 2.85. The molecule has 0 rings (SSSR count). The average Bonchev–Trinajstić information content (AvgIpc) is 1.97. The maximum atomic E-state index is 11.4. The zero-order valence-corrected chi connectivity index (χ0v) is 12.1. The molecule has 0 aliphatic rings. The van der Waals surface area contributed by atoms with Crippen LogP contribution in [0.25, 0.3) is 0 Å². The molecule has 4 nitrogen and oxygen atoms in total. The number of nitrogens with one attached hydrogen (secondary N) is 1. The van der Waals surface area contributed by atoms with Crippen molar-refractivity contribution in [1.29, 1.82) is 0 Å². The summed E-state index contributed by atoms with van der Waals surface area (Å²) in [5.41, 5.74) is -0.554. The van der Waals surface area contributed by atoms with Crippen LogP contribution in [-0.4, -0.2) is 22.4 Å². The number of hydrogen-bond donors (Lipinski definition) is 1. The quantitative estimate of drug-likeness (QED) is 0.811. The van der Waals surface area contributed by atoms with Gasteiger partial charge in [0.2, 0.25) is 4.69 Å². The van der Waals surface area contributed by atoms with E-state index in [9.17, 15) is 9.59 Å². The topological polar surface area (TPSA) is 55.4 Å². The molecule has 1 amide bonds. The van der Waals surface area contributed by atoms with Crippen molar-refractivity contribution in [1.82, 2.24) is 5.32 Å². The molecule has 0 saturated carbocycles. The number of carbonyl (C=O) groups excluding carboxylic acids is 2. The molecule has 16 heavy (non-hydrogen) atoms. The summed E-state index contributed by atoms with van der Waals surface area (Å²) in [4.78, 5) is 22.7. The maximum Gasteiger partial charge on any atom is 0.408 e. The van der Waals surface area contributed by atoms with Gasteiger partial charge in [0.15, 0.2) is 0 Å². The number of ether oxygens (including phenoxy) is 1. The molecule has 94 valence electrons. The van der Waals surface area contributed by atoms with E-state index in [0.29, 0.717) is 12.3 Å². The average molecular weight is 294 g/mol. The molecule has 0 aromatic heterocycles. The van der Waals surface area contributed by atoms with Crippen LogP contribution in [0, 0.1) is 5.92 Å². The summed E-state index contributed by atoms with van der Waals surface area (Å²) in [7, 11) is 0. The summed E-state index contributed by atoms with van der Waals surface area (Å²) < 4.78 is 4.85. The summed E-state index contributed by atoms with van der Waals surface area (Å²) in [6.07, 6.45) is 0.0227. The van der Waals surface area contributed by atoms with E-state index < -0.39 is 17.7 Å². The van der Waals surface area contributed by atoms with E-state index in [1.54, 1.807) is 20.8 Å². The summed E-state index contributed by atoms with van der Waals surface area (Å²) in [6.45, 7) is 9.30. The van der Waals surface area contributed by atoms with Gasteiger partial charge in [-0.2, -0.15) is 0 Å². The Bertz CT molecular complexity index is 258. The molecule has 1 N–H and O–H groups in total. The van der Waals surface area contributed by atoms with Gasteiger partial charge in [-0.15, -0.1) is 0 Å². The standard InChI is InChI=1S/C11H20BrNO3/c1-7(2)6-8(9(12)14)13-10(15)16-11(3,4)5/h7-8H,6H2,1-5H3,(H,13,15). The van der Waals surface area contributed by atoms with Gasteiger partial charge >= 0.3 is 6.09 Å². The number of hydrogen-bond acceptors (Lipinski definition) is 3. The lowest BCUT2D eigenvalue weighted by atomic mass is 10.1. The lowest BCUT2D eigenvalue weighted by Crippen LogP contribution is -2.42. The highest BCUT2D eigenvalue weighted by atomic mass is 79.9. The van der Waals surface area contributed by atoms with Crippen LogP contribution in [0.5, 0.6) is 0 Å². The molecule has 5 heteroatoms. The van der Waals surface area contributed by atoms with Crippen molar-refractivity contribution in [2.24, 2.45) is 5.92 Å². The minimum atomic E-state index is -0.564. The fraction of sp³-hybridized carbons (Fsp3) is 0.818. The Hall–Kier alpha value is -0.580. The fourth-order valence-corrected chi connectivity index (χ4v) is 1.43. The van der Waals surface area contributed by atoms with E-state index in [1.807, 2.05) is 13.8 Å². The van der Waals surface area contributed by atoms with Gasteiger partial charge in [-0.25, -0.2) is 4.79 Å². The number of amides is 1. The van der Waals surface area contributed by atoms with Gasteiger partial charge in [0, 0.05) is 0 Å². The molecule has 0 spiro atoms. The second-order valence-electron chi connectivity index (χ2n) is 5.13.